The first-order valence-electron chi connectivity index (χ1n) is 6.87. The van der Waals surface area contributed by atoms with Crippen molar-refractivity contribution in [3.05, 3.63) is 34.4 Å². The fraction of sp³-hybridized carbons (Fsp3) is 0.588. The Morgan fingerprint density at radius 3 is 2.05 bits per heavy atom. The van der Waals surface area contributed by atoms with Gasteiger partial charge in [0.2, 0.25) is 0 Å². The van der Waals surface area contributed by atoms with Gasteiger partial charge in [0.1, 0.15) is 0 Å². The summed E-state index contributed by atoms with van der Waals surface area (Å²) in [4.78, 5) is 2.09. The van der Waals surface area contributed by atoms with E-state index in [0.717, 1.165) is 6.54 Å². The van der Waals surface area contributed by atoms with Gasteiger partial charge in [-0.15, -0.1) is 0 Å². The van der Waals surface area contributed by atoms with Crippen molar-refractivity contribution in [1.82, 2.24) is 4.90 Å². The Labute approximate surface area is 118 Å². The largest absolute Gasteiger partial charge is 0.287 e. The van der Waals surface area contributed by atoms with E-state index in [2.05, 4.69) is 57.7 Å². The molecule has 0 saturated carbocycles. The summed E-state index contributed by atoms with van der Waals surface area (Å²) in [5.74, 6) is 0. The predicted octanol–water partition coefficient (Wildman–Crippen LogP) is 3.94. The molecule has 1 aromatic carbocycles. The molecule has 0 aromatic heterocycles. The van der Waals surface area contributed by atoms with Crippen molar-refractivity contribution in [2.75, 3.05) is 7.05 Å². The zero-order valence-corrected chi connectivity index (χ0v) is 13.3. The summed E-state index contributed by atoms with van der Waals surface area (Å²) < 4.78 is 0. The highest BCUT2D eigenvalue weighted by Crippen LogP contribution is 2.27. The zero-order valence-electron chi connectivity index (χ0n) is 13.3. The molecule has 0 spiro atoms. The van der Waals surface area contributed by atoms with Gasteiger partial charge >= 0.3 is 0 Å². The van der Waals surface area contributed by atoms with E-state index in [9.17, 15) is 0 Å². The molecule has 0 heterocycles. The van der Waals surface area contributed by atoms with Crippen LogP contribution in [0.5, 0.6) is 0 Å². The van der Waals surface area contributed by atoms with Gasteiger partial charge in [-0.25, -0.2) is 0 Å². The number of hydrogen-bond acceptors (Lipinski definition) is 2. The molecular formula is C17H26N2. The van der Waals surface area contributed by atoms with Gasteiger partial charge in [0.25, 0.3) is 0 Å². The first-order chi connectivity index (χ1) is 8.66. The Hall–Kier alpha value is -1.33. The van der Waals surface area contributed by atoms with Crippen LogP contribution in [0.15, 0.2) is 12.1 Å². The van der Waals surface area contributed by atoms with Gasteiger partial charge in [-0.1, -0.05) is 32.9 Å². The minimum Gasteiger partial charge on any atom is -0.287 e. The molecule has 2 heteroatoms. The van der Waals surface area contributed by atoms with Crippen molar-refractivity contribution in [2.45, 2.75) is 59.5 Å². The standard InChI is InChI=1S/C17H26N2/c1-12-8-15(17(4,5)6)9-13(2)16(12)11-19(7)14(3)10-18/h8-9,14H,11H2,1-7H3. The summed E-state index contributed by atoms with van der Waals surface area (Å²) in [5, 5.41) is 8.98. The van der Waals surface area contributed by atoms with E-state index < -0.39 is 0 Å². The normalized spacial score (nSPS) is 13.4. The molecule has 1 unspecified atom stereocenters. The van der Waals surface area contributed by atoms with Gasteiger partial charge in [0, 0.05) is 6.54 Å². The van der Waals surface area contributed by atoms with E-state index >= 15 is 0 Å². The molecule has 0 N–H and O–H groups in total. The van der Waals surface area contributed by atoms with E-state index in [4.69, 9.17) is 5.26 Å². The molecule has 0 radical (unpaired) electrons. The highest BCUT2D eigenvalue weighted by Gasteiger charge is 2.17. The first-order valence-corrected chi connectivity index (χ1v) is 6.87. The predicted molar refractivity (Wildman–Crippen MR) is 81.2 cm³/mol. The molecule has 2 nitrogen and oxygen atoms in total. The molecule has 0 amide bonds. The third kappa shape index (κ3) is 3.81. The molecule has 0 aliphatic rings. The van der Waals surface area contributed by atoms with Crippen LogP contribution >= 0.6 is 0 Å². The van der Waals surface area contributed by atoms with E-state index in [0.29, 0.717) is 0 Å². The van der Waals surface area contributed by atoms with Gasteiger partial charge in [-0.05, 0) is 55.5 Å². The Bertz CT molecular complexity index is 466. The molecule has 0 aliphatic carbocycles. The zero-order chi connectivity index (χ0) is 14.8. The van der Waals surface area contributed by atoms with Crippen molar-refractivity contribution in [2.24, 2.45) is 0 Å². The van der Waals surface area contributed by atoms with Crippen molar-refractivity contribution < 1.29 is 0 Å². The average molecular weight is 258 g/mol. The monoisotopic (exact) mass is 258 g/mol. The smallest absolute Gasteiger partial charge is 0.0949 e. The molecule has 1 aromatic rings. The Kier molecular flexibility index (Phi) is 4.76. The number of nitrogens with zero attached hydrogens (tertiary/aromatic N) is 2. The van der Waals surface area contributed by atoms with Crippen LogP contribution in [0.2, 0.25) is 0 Å². The lowest BCUT2D eigenvalue weighted by Gasteiger charge is -2.25. The SMILES string of the molecule is Cc1cc(C(C)(C)C)cc(C)c1CN(C)C(C)C#N. The molecule has 0 bridgehead atoms. The number of benzene rings is 1. The Morgan fingerprint density at radius 1 is 1.21 bits per heavy atom. The van der Waals surface area contributed by atoms with E-state index in [1.807, 2.05) is 14.0 Å². The third-order valence-electron chi connectivity index (χ3n) is 3.82. The lowest BCUT2D eigenvalue weighted by molar-refractivity contribution is 0.293. The van der Waals surface area contributed by atoms with Crippen LogP contribution in [-0.2, 0) is 12.0 Å². The van der Waals surface area contributed by atoms with Crippen LogP contribution in [0.3, 0.4) is 0 Å². The van der Waals surface area contributed by atoms with E-state index in [1.165, 1.54) is 22.3 Å². The fourth-order valence-corrected chi connectivity index (χ4v) is 2.16. The lowest BCUT2D eigenvalue weighted by Crippen LogP contribution is -2.28. The molecule has 104 valence electrons. The van der Waals surface area contributed by atoms with Crippen molar-refractivity contribution in [3.8, 4) is 6.07 Å². The van der Waals surface area contributed by atoms with Gasteiger partial charge in [0.05, 0.1) is 12.1 Å². The molecule has 0 aliphatic heterocycles. The Morgan fingerprint density at radius 2 is 1.68 bits per heavy atom. The number of hydrogen-bond donors (Lipinski definition) is 0. The summed E-state index contributed by atoms with van der Waals surface area (Å²) in [6, 6.07) is 6.80. The lowest BCUT2D eigenvalue weighted by atomic mass is 9.83. The van der Waals surface area contributed by atoms with Crippen LogP contribution in [0.1, 0.15) is 49.9 Å². The maximum Gasteiger partial charge on any atom is 0.0949 e. The van der Waals surface area contributed by atoms with Crippen LogP contribution in [0.4, 0.5) is 0 Å². The van der Waals surface area contributed by atoms with Gasteiger partial charge in [-0.3, -0.25) is 4.90 Å². The molecule has 1 rings (SSSR count). The second kappa shape index (κ2) is 5.75. The summed E-state index contributed by atoms with van der Waals surface area (Å²) in [6.45, 7) is 13.8. The second-order valence-electron chi connectivity index (χ2n) is 6.56. The van der Waals surface area contributed by atoms with Crippen molar-refractivity contribution in [3.63, 3.8) is 0 Å². The summed E-state index contributed by atoms with van der Waals surface area (Å²) in [7, 11) is 2.00. The number of rotatable bonds is 3. The second-order valence-corrected chi connectivity index (χ2v) is 6.56. The van der Waals surface area contributed by atoms with E-state index in [-0.39, 0.29) is 11.5 Å². The molecular weight excluding hydrogens is 232 g/mol. The van der Waals surface area contributed by atoms with Crippen LogP contribution in [0.25, 0.3) is 0 Å². The van der Waals surface area contributed by atoms with E-state index in [1.54, 1.807) is 0 Å². The van der Waals surface area contributed by atoms with Gasteiger partial charge < -0.3 is 0 Å². The Balaban J connectivity index is 3.09. The summed E-state index contributed by atoms with van der Waals surface area (Å²) in [6.07, 6.45) is 0. The number of aryl methyl sites for hydroxylation is 2. The fourth-order valence-electron chi connectivity index (χ4n) is 2.16. The van der Waals surface area contributed by atoms with Crippen LogP contribution in [-0.4, -0.2) is 18.0 Å². The quantitative estimate of drug-likeness (QED) is 0.821. The maximum atomic E-state index is 8.98. The maximum absolute atomic E-state index is 8.98. The first kappa shape index (κ1) is 15.7. The van der Waals surface area contributed by atoms with Gasteiger partial charge in [0.15, 0.2) is 0 Å². The van der Waals surface area contributed by atoms with Crippen LogP contribution < -0.4 is 0 Å². The molecule has 0 fully saturated rings. The number of nitriles is 1. The average Bonchev–Trinajstić information content (AvgIpc) is 2.30. The third-order valence-corrected chi connectivity index (χ3v) is 3.82. The topological polar surface area (TPSA) is 27.0 Å². The molecule has 0 saturated heterocycles. The molecule has 19 heavy (non-hydrogen) atoms. The van der Waals surface area contributed by atoms with Crippen LogP contribution in [0, 0.1) is 25.2 Å². The highest BCUT2D eigenvalue weighted by molar-refractivity contribution is 5.40. The summed E-state index contributed by atoms with van der Waals surface area (Å²) in [5.41, 5.74) is 5.54. The minimum absolute atomic E-state index is 0.0545. The summed E-state index contributed by atoms with van der Waals surface area (Å²) >= 11 is 0. The van der Waals surface area contributed by atoms with Crippen molar-refractivity contribution >= 4 is 0 Å². The minimum atomic E-state index is -0.0545. The molecule has 1 atom stereocenters. The highest BCUT2D eigenvalue weighted by atomic mass is 15.1. The van der Waals surface area contributed by atoms with Crippen molar-refractivity contribution in [1.29, 1.82) is 5.26 Å². The van der Waals surface area contributed by atoms with Gasteiger partial charge in [-0.2, -0.15) is 5.26 Å².